The van der Waals surface area contributed by atoms with Crippen molar-refractivity contribution in [2.45, 2.75) is 33.6 Å². The maximum absolute atomic E-state index is 11.6. The Morgan fingerprint density at radius 3 is 2.72 bits per heavy atom. The van der Waals surface area contributed by atoms with Crippen molar-refractivity contribution in [2.24, 2.45) is 0 Å². The monoisotopic (exact) mass is 269 g/mol. The zero-order valence-corrected chi connectivity index (χ0v) is 12.0. The fourth-order valence-corrected chi connectivity index (χ4v) is 2.01. The van der Waals surface area contributed by atoms with Gasteiger partial charge in [-0.05, 0) is 25.0 Å². The Morgan fingerprint density at radius 1 is 1.44 bits per heavy atom. The number of ether oxygens (including phenoxy) is 1. The van der Waals surface area contributed by atoms with E-state index < -0.39 is 0 Å². The maximum atomic E-state index is 11.6. The minimum atomic E-state index is -0.0837. The average molecular weight is 270 g/mol. The Hall–Kier alpha value is -1.22. The van der Waals surface area contributed by atoms with Crippen molar-refractivity contribution in [1.82, 2.24) is 0 Å². The first kappa shape index (κ1) is 14.8. The standard InChI is InChI=1S/C14H20ClNO2/c1-4-5-9-18-13-8-6-7-11(2)14(13)16(10-15)12(3)17/h6-8H,4-5,9-10H2,1-3H3. The largest absolute Gasteiger partial charge is 0.491 e. The van der Waals surface area contributed by atoms with Gasteiger partial charge in [0.1, 0.15) is 11.8 Å². The number of carbonyl (C=O) groups is 1. The van der Waals surface area contributed by atoms with Gasteiger partial charge in [0.25, 0.3) is 0 Å². The van der Waals surface area contributed by atoms with Crippen LogP contribution < -0.4 is 9.64 Å². The molecule has 3 nitrogen and oxygen atoms in total. The van der Waals surface area contributed by atoms with Gasteiger partial charge >= 0.3 is 0 Å². The van der Waals surface area contributed by atoms with Gasteiger partial charge in [0.15, 0.2) is 0 Å². The van der Waals surface area contributed by atoms with E-state index >= 15 is 0 Å². The summed E-state index contributed by atoms with van der Waals surface area (Å²) in [5.41, 5.74) is 1.76. The number of benzene rings is 1. The fraction of sp³-hybridized carbons (Fsp3) is 0.500. The topological polar surface area (TPSA) is 29.5 Å². The molecule has 0 aromatic heterocycles. The molecule has 0 fully saturated rings. The molecular weight excluding hydrogens is 250 g/mol. The number of anilines is 1. The number of rotatable bonds is 6. The average Bonchev–Trinajstić information content (AvgIpc) is 2.33. The number of halogens is 1. The number of alkyl halides is 1. The first-order valence-electron chi connectivity index (χ1n) is 6.18. The molecule has 0 spiro atoms. The number of amides is 1. The van der Waals surface area contributed by atoms with E-state index in [-0.39, 0.29) is 11.9 Å². The summed E-state index contributed by atoms with van der Waals surface area (Å²) in [6.07, 6.45) is 2.07. The number of hydrogen-bond acceptors (Lipinski definition) is 2. The second-order valence-electron chi connectivity index (χ2n) is 4.19. The Kier molecular flexibility index (Phi) is 5.99. The van der Waals surface area contributed by atoms with Crippen molar-refractivity contribution in [3.05, 3.63) is 23.8 Å². The van der Waals surface area contributed by atoms with Gasteiger partial charge in [-0.3, -0.25) is 9.69 Å². The molecule has 0 saturated heterocycles. The van der Waals surface area contributed by atoms with Crippen molar-refractivity contribution in [2.75, 3.05) is 17.5 Å². The van der Waals surface area contributed by atoms with E-state index in [0.29, 0.717) is 6.61 Å². The van der Waals surface area contributed by atoms with E-state index in [4.69, 9.17) is 16.3 Å². The smallest absolute Gasteiger partial charge is 0.225 e. The van der Waals surface area contributed by atoms with E-state index in [1.54, 1.807) is 0 Å². The molecule has 0 bridgehead atoms. The molecule has 1 amide bonds. The van der Waals surface area contributed by atoms with E-state index in [1.807, 2.05) is 25.1 Å². The molecule has 1 aromatic carbocycles. The zero-order valence-electron chi connectivity index (χ0n) is 11.2. The molecule has 0 heterocycles. The minimum absolute atomic E-state index is 0.0837. The molecule has 100 valence electrons. The molecule has 18 heavy (non-hydrogen) atoms. The predicted octanol–water partition coefficient (Wildman–Crippen LogP) is 3.72. The van der Waals surface area contributed by atoms with E-state index in [1.165, 1.54) is 11.8 Å². The van der Waals surface area contributed by atoms with Crippen molar-refractivity contribution in [3.8, 4) is 5.75 Å². The number of aryl methyl sites for hydroxylation is 1. The number of carbonyl (C=O) groups excluding carboxylic acids is 1. The van der Waals surface area contributed by atoms with Crippen molar-refractivity contribution < 1.29 is 9.53 Å². The third-order valence-electron chi connectivity index (χ3n) is 2.73. The van der Waals surface area contributed by atoms with Gasteiger partial charge in [-0.1, -0.05) is 25.5 Å². The van der Waals surface area contributed by atoms with Gasteiger partial charge in [-0.2, -0.15) is 0 Å². The fourth-order valence-electron chi connectivity index (χ4n) is 1.72. The molecule has 4 heteroatoms. The summed E-state index contributed by atoms with van der Waals surface area (Å²) >= 11 is 5.85. The summed E-state index contributed by atoms with van der Waals surface area (Å²) in [6.45, 7) is 6.22. The summed E-state index contributed by atoms with van der Waals surface area (Å²) in [5.74, 6) is 0.638. The Balaban J connectivity index is 3.02. The molecule has 0 aliphatic heterocycles. The highest BCUT2D eigenvalue weighted by Gasteiger charge is 2.17. The summed E-state index contributed by atoms with van der Waals surface area (Å²) in [5, 5.41) is 0. The number of nitrogens with zero attached hydrogens (tertiary/aromatic N) is 1. The van der Waals surface area contributed by atoms with Gasteiger partial charge in [0.2, 0.25) is 5.91 Å². The van der Waals surface area contributed by atoms with Crippen molar-refractivity contribution >= 4 is 23.2 Å². The third-order valence-corrected chi connectivity index (χ3v) is 2.96. The first-order valence-corrected chi connectivity index (χ1v) is 6.71. The minimum Gasteiger partial charge on any atom is -0.491 e. The van der Waals surface area contributed by atoms with Gasteiger partial charge in [0.05, 0.1) is 12.3 Å². The molecule has 0 N–H and O–H groups in total. The normalized spacial score (nSPS) is 10.2. The molecule has 0 saturated carbocycles. The molecule has 1 rings (SSSR count). The lowest BCUT2D eigenvalue weighted by Crippen LogP contribution is -2.28. The molecule has 1 aromatic rings. The van der Waals surface area contributed by atoms with Crippen LogP contribution in [0.3, 0.4) is 0 Å². The molecule has 0 aliphatic carbocycles. The highest BCUT2D eigenvalue weighted by atomic mass is 35.5. The van der Waals surface area contributed by atoms with Crippen molar-refractivity contribution in [3.63, 3.8) is 0 Å². The van der Waals surface area contributed by atoms with Gasteiger partial charge < -0.3 is 4.74 Å². The van der Waals surface area contributed by atoms with Crippen LogP contribution >= 0.6 is 11.6 Å². The lowest BCUT2D eigenvalue weighted by molar-refractivity contribution is -0.116. The summed E-state index contributed by atoms with van der Waals surface area (Å²) in [7, 11) is 0. The van der Waals surface area contributed by atoms with Gasteiger partial charge in [-0.15, -0.1) is 11.6 Å². The predicted molar refractivity (Wildman–Crippen MR) is 75.5 cm³/mol. The Labute approximate surface area is 114 Å². The summed E-state index contributed by atoms with van der Waals surface area (Å²) < 4.78 is 5.74. The van der Waals surface area contributed by atoms with E-state index in [0.717, 1.165) is 29.8 Å². The lowest BCUT2D eigenvalue weighted by Gasteiger charge is -2.23. The van der Waals surface area contributed by atoms with Crippen LogP contribution in [0.25, 0.3) is 0 Å². The first-order chi connectivity index (χ1) is 8.61. The second-order valence-corrected chi connectivity index (χ2v) is 4.43. The Morgan fingerprint density at radius 2 is 2.17 bits per heavy atom. The summed E-state index contributed by atoms with van der Waals surface area (Å²) in [4.78, 5) is 13.1. The van der Waals surface area contributed by atoms with Crippen LogP contribution in [0.5, 0.6) is 5.75 Å². The molecule has 0 radical (unpaired) electrons. The highest BCUT2D eigenvalue weighted by molar-refractivity contribution is 6.21. The quantitative estimate of drug-likeness (QED) is 0.447. The van der Waals surface area contributed by atoms with Crippen LogP contribution in [-0.2, 0) is 4.79 Å². The zero-order chi connectivity index (χ0) is 13.5. The van der Waals surface area contributed by atoms with Crippen LogP contribution in [0, 0.1) is 6.92 Å². The molecule has 0 unspecified atom stereocenters. The van der Waals surface area contributed by atoms with Crippen LogP contribution in [0.2, 0.25) is 0 Å². The highest BCUT2D eigenvalue weighted by Crippen LogP contribution is 2.32. The molecule has 0 atom stereocenters. The maximum Gasteiger partial charge on any atom is 0.225 e. The van der Waals surface area contributed by atoms with E-state index in [2.05, 4.69) is 6.92 Å². The number of para-hydroxylation sites is 1. The van der Waals surface area contributed by atoms with E-state index in [9.17, 15) is 4.79 Å². The molecule has 0 aliphatic rings. The van der Waals surface area contributed by atoms with Gasteiger partial charge in [-0.25, -0.2) is 0 Å². The SMILES string of the molecule is CCCCOc1cccc(C)c1N(CCl)C(C)=O. The van der Waals surface area contributed by atoms with Crippen LogP contribution in [-0.4, -0.2) is 18.5 Å². The number of hydrogen-bond donors (Lipinski definition) is 0. The van der Waals surface area contributed by atoms with Gasteiger partial charge in [0, 0.05) is 6.92 Å². The third kappa shape index (κ3) is 3.64. The molecular formula is C14H20ClNO2. The van der Waals surface area contributed by atoms with Crippen LogP contribution in [0.15, 0.2) is 18.2 Å². The Bertz CT molecular complexity index is 407. The van der Waals surface area contributed by atoms with Crippen molar-refractivity contribution in [1.29, 1.82) is 0 Å². The second kappa shape index (κ2) is 7.27. The number of unbranched alkanes of at least 4 members (excludes halogenated alkanes) is 1. The summed E-state index contributed by atoms with van der Waals surface area (Å²) in [6, 6.07) is 5.88. The van der Waals surface area contributed by atoms with Crippen LogP contribution in [0.1, 0.15) is 32.3 Å². The lowest BCUT2D eigenvalue weighted by atomic mass is 10.1. The van der Waals surface area contributed by atoms with Crippen LogP contribution in [0.4, 0.5) is 5.69 Å².